The van der Waals surface area contributed by atoms with Crippen LogP contribution in [0.4, 0.5) is 0 Å². The zero-order valence-corrected chi connectivity index (χ0v) is 12.0. The van der Waals surface area contributed by atoms with Crippen LogP contribution in [0.1, 0.15) is 17.5 Å². The first-order valence-corrected chi connectivity index (χ1v) is 7.11. The van der Waals surface area contributed by atoms with E-state index >= 15 is 0 Å². The van der Waals surface area contributed by atoms with Crippen molar-refractivity contribution in [3.05, 3.63) is 70.7 Å². The Kier molecular flexibility index (Phi) is 5.44. The smallest absolute Gasteiger partial charge is 0.0408 e. The van der Waals surface area contributed by atoms with Gasteiger partial charge in [-0.15, -0.1) is 0 Å². The average molecular weight is 274 g/mol. The third-order valence-corrected chi connectivity index (χ3v) is 3.64. The van der Waals surface area contributed by atoms with Crippen LogP contribution in [0.3, 0.4) is 0 Å². The van der Waals surface area contributed by atoms with Crippen LogP contribution in [0.15, 0.2) is 54.6 Å². The summed E-state index contributed by atoms with van der Waals surface area (Å²) in [6.07, 6.45) is 3.25. The molecule has 0 radical (unpaired) electrons. The van der Waals surface area contributed by atoms with Gasteiger partial charge in [-0.2, -0.15) is 0 Å². The van der Waals surface area contributed by atoms with Crippen LogP contribution >= 0.6 is 11.6 Å². The van der Waals surface area contributed by atoms with Gasteiger partial charge in [0.15, 0.2) is 0 Å². The minimum absolute atomic E-state index is 0.485. The third-order valence-electron chi connectivity index (χ3n) is 3.40. The van der Waals surface area contributed by atoms with Crippen molar-refractivity contribution in [2.24, 2.45) is 0 Å². The second-order valence-corrected chi connectivity index (χ2v) is 5.28. The fraction of sp³-hybridized carbons (Fsp3) is 0.294. The van der Waals surface area contributed by atoms with Gasteiger partial charge < -0.3 is 5.32 Å². The fourth-order valence-electron chi connectivity index (χ4n) is 2.28. The molecule has 0 aliphatic heterocycles. The molecule has 0 aliphatic carbocycles. The quantitative estimate of drug-likeness (QED) is 0.835. The monoisotopic (exact) mass is 273 g/mol. The van der Waals surface area contributed by atoms with E-state index in [-0.39, 0.29) is 0 Å². The molecular weight excluding hydrogens is 254 g/mol. The Bertz CT molecular complexity index is 496. The molecule has 100 valence electrons. The van der Waals surface area contributed by atoms with Gasteiger partial charge in [0, 0.05) is 11.1 Å². The lowest BCUT2D eigenvalue weighted by Gasteiger charge is -2.16. The predicted molar refractivity (Wildman–Crippen MR) is 82.8 cm³/mol. The van der Waals surface area contributed by atoms with E-state index in [1.54, 1.807) is 0 Å². The zero-order valence-electron chi connectivity index (χ0n) is 11.3. The van der Waals surface area contributed by atoms with Crippen molar-refractivity contribution in [1.82, 2.24) is 5.32 Å². The molecule has 2 aromatic carbocycles. The molecule has 0 spiro atoms. The average Bonchev–Trinajstić information content (AvgIpc) is 2.44. The van der Waals surface area contributed by atoms with Gasteiger partial charge in [-0.25, -0.2) is 0 Å². The highest BCUT2D eigenvalue weighted by molar-refractivity contribution is 6.30. The summed E-state index contributed by atoms with van der Waals surface area (Å²) in [6.45, 7) is 0. The second-order valence-electron chi connectivity index (χ2n) is 4.84. The molecule has 0 bridgehead atoms. The van der Waals surface area contributed by atoms with Crippen molar-refractivity contribution in [3.8, 4) is 0 Å². The Labute approximate surface area is 120 Å². The van der Waals surface area contributed by atoms with E-state index in [9.17, 15) is 0 Å². The Balaban J connectivity index is 1.90. The summed E-state index contributed by atoms with van der Waals surface area (Å²) >= 11 is 6.02. The Morgan fingerprint density at radius 1 is 1.00 bits per heavy atom. The molecule has 1 atom stereocenters. The van der Waals surface area contributed by atoms with Crippen LogP contribution < -0.4 is 5.32 Å². The topological polar surface area (TPSA) is 12.0 Å². The maximum Gasteiger partial charge on any atom is 0.0408 e. The molecule has 1 unspecified atom stereocenters. The molecule has 2 aromatic rings. The van der Waals surface area contributed by atoms with E-state index in [1.165, 1.54) is 11.1 Å². The summed E-state index contributed by atoms with van der Waals surface area (Å²) in [7, 11) is 2.03. The first-order valence-electron chi connectivity index (χ1n) is 6.73. The lowest BCUT2D eigenvalue weighted by Crippen LogP contribution is -2.28. The van der Waals surface area contributed by atoms with E-state index in [2.05, 4.69) is 47.8 Å². The maximum absolute atomic E-state index is 6.02. The molecule has 1 N–H and O–H groups in total. The van der Waals surface area contributed by atoms with Gasteiger partial charge >= 0.3 is 0 Å². The van der Waals surface area contributed by atoms with Gasteiger partial charge in [0.1, 0.15) is 0 Å². The summed E-state index contributed by atoms with van der Waals surface area (Å²) in [5.41, 5.74) is 2.69. The van der Waals surface area contributed by atoms with E-state index in [0.29, 0.717) is 6.04 Å². The van der Waals surface area contributed by atoms with Gasteiger partial charge in [0.05, 0.1) is 0 Å². The highest BCUT2D eigenvalue weighted by Crippen LogP contribution is 2.14. The van der Waals surface area contributed by atoms with E-state index < -0.39 is 0 Å². The molecule has 0 aromatic heterocycles. The summed E-state index contributed by atoms with van der Waals surface area (Å²) in [6, 6.07) is 19.2. The number of aryl methyl sites for hydroxylation is 1. The first kappa shape index (κ1) is 14.1. The lowest BCUT2D eigenvalue weighted by atomic mass is 9.99. The zero-order chi connectivity index (χ0) is 13.5. The van der Waals surface area contributed by atoms with Gasteiger partial charge in [0.25, 0.3) is 0 Å². The summed E-state index contributed by atoms with van der Waals surface area (Å²) in [5.74, 6) is 0. The highest BCUT2D eigenvalue weighted by atomic mass is 35.5. The Hall–Kier alpha value is -1.31. The van der Waals surface area contributed by atoms with E-state index in [1.807, 2.05) is 19.2 Å². The molecular formula is C17H20ClN. The molecule has 0 aliphatic rings. The van der Waals surface area contributed by atoms with Gasteiger partial charge in [-0.3, -0.25) is 0 Å². The summed E-state index contributed by atoms with van der Waals surface area (Å²) in [4.78, 5) is 0. The predicted octanol–water partition coefficient (Wildman–Crippen LogP) is 4.10. The van der Waals surface area contributed by atoms with Gasteiger partial charge in [-0.05, 0) is 49.6 Å². The van der Waals surface area contributed by atoms with Crippen molar-refractivity contribution in [2.75, 3.05) is 7.05 Å². The Morgan fingerprint density at radius 3 is 2.42 bits per heavy atom. The van der Waals surface area contributed by atoms with Crippen LogP contribution in [0.25, 0.3) is 0 Å². The number of halogens is 1. The summed E-state index contributed by atoms with van der Waals surface area (Å²) < 4.78 is 0. The normalized spacial score (nSPS) is 12.3. The fourth-order valence-corrected chi connectivity index (χ4v) is 2.50. The summed E-state index contributed by atoms with van der Waals surface area (Å²) in [5, 5.41) is 4.21. The SMILES string of the molecule is CNC(CCc1ccccc1)Cc1cccc(Cl)c1. The number of nitrogens with one attached hydrogen (secondary N) is 1. The molecule has 0 saturated carbocycles. The molecule has 0 fully saturated rings. The van der Waals surface area contributed by atoms with Crippen molar-refractivity contribution >= 4 is 11.6 Å². The minimum atomic E-state index is 0.485. The lowest BCUT2D eigenvalue weighted by molar-refractivity contribution is 0.520. The number of hydrogen-bond donors (Lipinski definition) is 1. The number of benzene rings is 2. The van der Waals surface area contributed by atoms with Crippen molar-refractivity contribution in [2.45, 2.75) is 25.3 Å². The molecule has 2 rings (SSSR count). The third kappa shape index (κ3) is 4.70. The molecule has 19 heavy (non-hydrogen) atoms. The molecule has 0 saturated heterocycles. The van der Waals surface area contributed by atoms with Gasteiger partial charge in [0.2, 0.25) is 0 Å². The van der Waals surface area contributed by atoms with Crippen LogP contribution in [-0.2, 0) is 12.8 Å². The number of rotatable bonds is 6. The van der Waals surface area contributed by atoms with Gasteiger partial charge in [-0.1, -0.05) is 54.1 Å². The molecule has 0 heterocycles. The second kappa shape index (κ2) is 7.32. The van der Waals surface area contributed by atoms with E-state index in [0.717, 1.165) is 24.3 Å². The molecule has 1 nitrogen and oxygen atoms in total. The van der Waals surface area contributed by atoms with Crippen molar-refractivity contribution < 1.29 is 0 Å². The van der Waals surface area contributed by atoms with Crippen LogP contribution in [0.5, 0.6) is 0 Å². The van der Waals surface area contributed by atoms with Crippen LogP contribution in [-0.4, -0.2) is 13.1 Å². The molecule has 2 heteroatoms. The first-order chi connectivity index (χ1) is 9.28. The van der Waals surface area contributed by atoms with Crippen molar-refractivity contribution in [1.29, 1.82) is 0 Å². The maximum atomic E-state index is 6.02. The van der Waals surface area contributed by atoms with Crippen LogP contribution in [0, 0.1) is 0 Å². The standard InChI is InChI=1S/C17H20ClN/c1-19-17(11-10-14-6-3-2-4-7-14)13-15-8-5-9-16(18)12-15/h2-9,12,17,19H,10-11,13H2,1H3. The number of hydrogen-bond acceptors (Lipinski definition) is 1. The van der Waals surface area contributed by atoms with Crippen molar-refractivity contribution in [3.63, 3.8) is 0 Å². The highest BCUT2D eigenvalue weighted by Gasteiger charge is 2.07. The molecule has 0 amide bonds. The van der Waals surface area contributed by atoms with Crippen LogP contribution in [0.2, 0.25) is 5.02 Å². The minimum Gasteiger partial charge on any atom is -0.317 e. The Morgan fingerprint density at radius 2 is 1.74 bits per heavy atom. The van der Waals surface area contributed by atoms with E-state index in [4.69, 9.17) is 11.6 Å². The largest absolute Gasteiger partial charge is 0.317 e. The number of likely N-dealkylation sites (N-methyl/N-ethyl adjacent to an activating group) is 1.